The fraction of sp³-hybridized carbons (Fsp3) is 0.200. The Balaban J connectivity index is 1.30. The molecule has 0 fully saturated rings. The molecule has 0 amide bonds. The van der Waals surface area contributed by atoms with Gasteiger partial charge in [-0.05, 0) is 47.9 Å². The molecule has 1 aromatic heterocycles. The minimum absolute atomic E-state index is 0.281. The van der Waals surface area contributed by atoms with Crippen LogP contribution in [0.1, 0.15) is 11.1 Å². The molecule has 1 aliphatic rings. The van der Waals surface area contributed by atoms with E-state index in [1.807, 2.05) is 48.5 Å². The zero-order valence-electron chi connectivity index (χ0n) is 14.6. The molecule has 2 aromatic carbocycles. The molecule has 2 N–H and O–H groups in total. The summed E-state index contributed by atoms with van der Waals surface area (Å²) in [6, 6.07) is 15.6. The van der Waals surface area contributed by atoms with E-state index in [1.165, 1.54) is 5.56 Å². The summed E-state index contributed by atoms with van der Waals surface area (Å²) in [6.45, 7) is 1.66. The normalized spacial score (nSPS) is 12.0. The molecule has 0 saturated heterocycles. The zero-order chi connectivity index (χ0) is 18.5. The number of hydrogen-bond acceptors (Lipinski definition) is 6. The minimum Gasteiger partial charge on any atom is -0.454 e. The fourth-order valence-corrected chi connectivity index (χ4v) is 2.88. The number of nitrogens with one attached hydrogen (secondary N) is 2. The number of hydrogen-bond donors (Lipinski definition) is 2. The fourth-order valence-electron chi connectivity index (χ4n) is 2.76. The topological polar surface area (TPSA) is 68.3 Å². The van der Waals surface area contributed by atoms with Gasteiger partial charge in [-0.1, -0.05) is 29.8 Å². The molecular weight excluding hydrogens is 364 g/mol. The summed E-state index contributed by atoms with van der Waals surface area (Å²) in [5.74, 6) is 2.92. The maximum Gasteiger partial charge on any atom is 0.231 e. The lowest BCUT2D eigenvalue weighted by Gasteiger charge is -2.09. The highest BCUT2D eigenvalue weighted by Crippen LogP contribution is 2.32. The van der Waals surface area contributed by atoms with E-state index in [2.05, 4.69) is 20.6 Å². The van der Waals surface area contributed by atoms with Crippen LogP contribution in [0.4, 0.5) is 11.8 Å². The third-order valence-corrected chi connectivity index (χ3v) is 4.43. The highest BCUT2D eigenvalue weighted by molar-refractivity contribution is 6.30. The third kappa shape index (κ3) is 4.60. The first kappa shape index (κ1) is 17.4. The molecule has 0 radical (unpaired) electrons. The van der Waals surface area contributed by atoms with Crippen molar-refractivity contribution in [2.75, 3.05) is 24.0 Å². The molecule has 0 atom stereocenters. The Morgan fingerprint density at radius 2 is 1.74 bits per heavy atom. The number of anilines is 2. The van der Waals surface area contributed by atoms with Crippen LogP contribution in [0, 0.1) is 0 Å². The van der Waals surface area contributed by atoms with E-state index < -0.39 is 0 Å². The van der Waals surface area contributed by atoms with Crippen LogP contribution in [0.25, 0.3) is 0 Å². The number of ether oxygens (including phenoxy) is 2. The Labute approximate surface area is 162 Å². The lowest BCUT2D eigenvalue weighted by Crippen LogP contribution is -2.09. The summed E-state index contributed by atoms with van der Waals surface area (Å²) in [4.78, 5) is 8.76. The quantitative estimate of drug-likeness (QED) is 0.640. The van der Waals surface area contributed by atoms with Gasteiger partial charge < -0.3 is 20.1 Å². The minimum atomic E-state index is 0.281. The monoisotopic (exact) mass is 382 g/mol. The van der Waals surface area contributed by atoms with Gasteiger partial charge in [-0.2, -0.15) is 4.98 Å². The molecule has 0 saturated carbocycles. The molecular formula is C20H19ClN4O2. The zero-order valence-corrected chi connectivity index (χ0v) is 15.4. The van der Waals surface area contributed by atoms with Gasteiger partial charge in [0.15, 0.2) is 11.5 Å². The molecule has 0 bridgehead atoms. The standard InChI is InChI=1S/C20H19ClN4O2/c21-16-4-1-14(2-5-16)7-9-22-20-23-10-8-19(25-20)24-12-15-3-6-17-18(11-15)27-13-26-17/h1-6,8,10-11H,7,9,12-13H2,(H2,22,23,24,25). The molecule has 0 aliphatic carbocycles. The van der Waals surface area contributed by atoms with Crippen molar-refractivity contribution in [1.29, 1.82) is 0 Å². The van der Waals surface area contributed by atoms with Crippen molar-refractivity contribution < 1.29 is 9.47 Å². The average Bonchev–Trinajstić information content (AvgIpc) is 3.16. The third-order valence-electron chi connectivity index (χ3n) is 4.18. The number of benzene rings is 2. The van der Waals surface area contributed by atoms with Gasteiger partial charge >= 0.3 is 0 Å². The second kappa shape index (κ2) is 8.14. The Bertz CT molecular complexity index is 918. The van der Waals surface area contributed by atoms with E-state index in [4.69, 9.17) is 21.1 Å². The van der Waals surface area contributed by atoms with Crippen molar-refractivity contribution in [3.63, 3.8) is 0 Å². The summed E-state index contributed by atoms with van der Waals surface area (Å²) >= 11 is 5.90. The SMILES string of the molecule is Clc1ccc(CCNc2nccc(NCc3ccc4c(c3)OCO4)n2)cc1. The number of rotatable bonds is 7. The van der Waals surface area contributed by atoms with Crippen LogP contribution in [0.15, 0.2) is 54.7 Å². The number of halogens is 1. The van der Waals surface area contributed by atoms with Crippen LogP contribution in [0.5, 0.6) is 11.5 Å². The van der Waals surface area contributed by atoms with Gasteiger partial charge in [-0.3, -0.25) is 0 Å². The smallest absolute Gasteiger partial charge is 0.231 e. The highest BCUT2D eigenvalue weighted by Gasteiger charge is 2.13. The lowest BCUT2D eigenvalue weighted by atomic mass is 10.1. The second-order valence-electron chi connectivity index (χ2n) is 6.11. The van der Waals surface area contributed by atoms with Crippen LogP contribution < -0.4 is 20.1 Å². The first-order valence-electron chi connectivity index (χ1n) is 8.70. The number of aromatic nitrogens is 2. The van der Waals surface area contributed by atoms with Crippen molar-refractivity contribution in [3.8, 4) is 11.5 Å². The first-order valence-corrected chi connectivity index (χ1v) is 9.08. The Morgan fingerprint density at radius 3 is 2.63 bits per heavy atom. The van der Waals surface area contributed by atoms with Gasteiger partial charge in [0, 0.05) is 24.3 Å². The average molecular weight is 383 g/mol. The summed E-state index contributed by atoms with van der Waals surface area (Å²) < 4.78 is 10.7. The molecule has 2 heterocycles. The van der Waals surface area contributed by atoms with E-state index in [1.54, 1.807) is 6.20 Å². The number of nitrogens with zero attached hydrogens (tertiary/aromatic N) is 2. The maximum absolute atomic E-state index is 5.90. The summed E-state index contributed by atoms with van der Waals surface area (Å²) in [5.41, 5.74) is 2.30. The van der Waals surface area contributed by atoms with E-state index in [0.29, 0.717) is 12.5 Å². The van der Waals surface area contributed by atoms with E-state index in [-0.39, 0.29) is 6.79 Å². The predicted molar refractivity (Wildman–Crippen MR) is 106 cm³/mol. The summed E-state index contributed by atoms with van der Waals surface area (Å²) in [5, 5.41) is 7.30. The van der Waals surface area contributed by atoms with E-state index in [0.717, 1.165) is 40.9 Å². The van der Waals surface area contributed by atoms with Crippen molar-refractivity contribution in [2.45, 2.75) is 13.0 Å². The molecule has 7 heteroatoms. The van der Waals surface area contributed by atoms with Gasteiger partial charge in [-0.25, -0.2) is 4.98 Å². The van der Waals surface area contributed by atoms with E-state index >= 15 is 0 Å². The van der Waals surface area contributed by atoms with Crippen molar-refractivity contribution in [2.24, 2.45) is 0 Å². The molecule has 0 spiro atoms. The van der Waals surface area contributed by atoms with Crippen LogP contribution in [0.3, 0.4) is 0 Å². The molecule has 0 unspecified atom stereocenters. The van der Waals surface area contributed by atoms with Crippen molar-refractivity contribution in [1.82, 2.24) is 9.97 Å². The molecule has 27 heavy (non-hydrogen) atoms. The van der Waals surface area contributed by atoms with Crippen LogP contribution in [-0.2, 0) is 13.0 Å². The molecule has 4 rings (SSSR count). The molecule has 3 aromatic rings. The Kier molecular flexibility index (Phi) is 5.25. The van der Waals surface area contributed by atoms with Gasteiger partial charge in [0.1, 0.15) is 5.82 Å². The van der Waals surface area contributed by atoms with Gasteiger partial charge in [0.05, 0.1) is 0 Å². The van der Waals surface area contributed by atoms with Gasteiger partial charge in [0.25, 0.3) is 0 Å². The van der Waals surface area contributed by atoms with Gasteiger partial charge in [-0.15, -0.1) is 0 Å². The van der Waals surface area contributed by atoms with Crippen LogP contribution >= 0.6 is 11.6 Å². The first-order chi connectivity index (χ1) is 13.3. The van der Waals surface area contributed by atoms with Crippen LogP contribution in [-0.4, -0.2) is 23.3 Å². The molecule has 6 nitrogen and oxygen atoms in total. The van der Waals surface area contributed by atoms with Crippen molar-refractivity contribution in [3.05, 3.63) is 70.9 Å². The predicted octanol–water partition coefficient (Wildman–Crippen LogP) is 4.13. The summed E-state index contributed by atoms with van der Waals surface area (Å²) in [6.07, 6.45) is 2.61. The lowest BCUT2D eigenvalue weighted by molar-refractivity contribution is 0.174. The van der Waals surface area contributed by atoms with E-state index in [9.17, 15) is 0 Å². The van der Waals surface area contributed by atoms with Crippen molar-refractivity contribution >= 4 is 23.4 Å². The molecule has 138 valence electrons. The largest absolute Gasteiger partial charge is 0.454 e. The molecule has 1 aliphatic heterocycles. The maximum atomic E-state index is 5.90. The Hall–Kier alpha value is -2.99. The number of fused-ring (bicyclic) bond motifs is 1. The van der Waals surface area contributed by atoms with Gasteiger partial charge in [0.2, 0.25) is 12.7 Å². The second-order valence-corrected chi connectivity index (χ2v) is 6.55. The Morgan fingerprint density at radius 1 is 0.926 bits per heavy atom. The highest BCUT2D eigenvalue weighted by atomic mass is 35.5. The van der Waals surface area contributed by atoms with Crippen LogP contribution in [0.2, 0.25) is 5.02 Å². The summed E-state index contributed by atoms with van der Waals surface area (Å²) in [7, 11) is 0.